The first-order valence-electron chi connectivity index (χ1n) is 8.53. The first-order valence-corrected chi connectivity index (χ1v) is 8.53. The first-order chi connectivity index (χ1) is 12.1. The SMILES string of the molecule is C=NCC1=CC2(CN(C(=O)c3c(F)ccc(C)c3F)C2)CC(C)(C)C1=O. The lowest BCUT2D eigenvalue weighted by molar-refractivity contribution is -0.127. The normalized spacial score (nSPS) is 20.6. The highest BCUT2D eigenvalue weighted by Gasteiger charge is 2.52. The van der Waals surface area contributed by atoms with Gasteiger partial charge in [0.05, 0.1) is 6.54 Å². The smallest absolute Gasteiger partial charge is 0.259 e. The number of carbonyl (C=O) groups is 2. The molecule has 4 nitrogen and oxygen atoms in total. The molecular formula is C20H22F2N2O2. The third kappa shape index (κ3) is 2.87. The van der Waals surface area contributed by atoms with Crippen LogP contribution in [0.1, 0.15) is 36.2 Å². The molecule has 0 radical (unpaired) electrons. The molecule has 138 valence electrons. The van der Waals surface area contributed by atoms with Crippen LogP contribution in [0.5, 0.6) is 0 Å². The minimum absolute atomic E-state index is 0.0380. The molecule has 1 aromatic carbocycles. The number of hydrogen-bond acceptors (Lipinski definition) is 3. The van der Waals surface area contributed by atoms with Crippen LogP contribution in [0.2, 0.25) is 0 Å². The Labute approximate surface area is 151 Å². The Kier molecular flexibility index (Phi) is 4.33. The zero-order chi connectivity index (χ0) is 19.3. The molecule has 0 unspecified atom stereocenters. The first kappa shape index (κ1) is 18.4. The lowest BCUT2D eigenvalue weighted by Crippen LogP contribution is -2.61. The van der Waals surface area contributed by atoms with Gasteiger partial charge in [-0.15, -0.1) is 0 Å². The van der Waals surface area contributed by atoms with Crippen molar-refractivity contribution < 1.29 is 18.4 Å². The number of carbonyl (C=O) groups excluding carboxylic acids is 2. The average Bonchev–Trinajstić information content (AvgIpc) is 2.53. The van der Waals surface area contributed by atoms with Gasteiger partial charge in [-0.3, -0.25) is 14.6 Å². The lowest BCUT2D eigenvalue weighted by atomic mass is 9.61. The van der Waals surface area contributed by atoms with Crippen molar-refractivity contribution in [1.82, 2.24) is 4.90 Å². The summed E-state index contributed by atoms with van der Waals surface area (Å²) in [5.74, 6) is -2.29. The van der Waals surface area contributed by atoms with E-state index >= 15 is 0 Å². The van der Waals surface area contributed by atoms with Gasteiger partial charge in [0.2, 0.25) is 0 Å². The molecule has 0 aromatic heterocycles. The Morgan fingerprint density at radius 3 is 2.58 bits per heavy atom. The summed E-state index contributed by atoms with van der Waals surface area (Å²) in [6.45, 7) is 9.58. The summed E-state index contributed by atoms with van der Waals surface area (Å²) in [7, 11) is 0. The third-order valence-corrected chi connectivity index (χ3v) is 5.26. The van der Waals surface area contributed by atoms with E-state index in [0.717, 1.165) is 6.07 Å². The van der Waals surface area contributed by atoms with Gasteiger partial charge in [-0.2, -0.15) is 0 Å². The fourth-order valence-electron chi connectivity index (χ4n) is 4.19. The molecule has 1 spiro atoms. The van der Waals surface area contributed by atoms with Gasteiger partial charge in [-0.25, -0.2) is 8.78 Å². The second-order valence-corrected chi connectivity index (χ2v) is 8.02. The van der Waals surface area contributed by atoms with Crippen molar-refractivity contribution in [2.24, 2.45) is 15.8 Å². The second-order valence-electron chi connectivity index (χ2n) is 8.02. The summed E-state index contributed by atoms with van der Waals surface area (Å²) in [5.41, 5.74) is -0.610. The fraction of sp³-hybridized carbons (Fsp3) is 0.450. The summed E-state index contributed by atoms with van der Waals surface area (Å²) < 4.78 is 28.2. The Bertz CT molecular complexity index is 836. The highest BCUT2D eigenvalue weighted by molar-refractivity contribution is 6.01. The molecule has 1 heterocycles. The Balaban J connectivity index is 1.86. The quantitative estimate of drug-likeness (QED) is 0.776. The van der Waals surface area contributed by atoms with Crippen LogP contribution < -0.4 is 0 Å². The molecule has 1 saturated heterocycles. The van der Waals surface area contributed by atoms with E-state index in [1.807, 2.05) is 19.9 Å². The van der Waals surface area contributed by atoms with Crippen LogP contribution in [-0.2, 0) is 4.79 Å². The number of hydrogen-bond donors (Lipinski definition) is 0. The molecular weight excluding hydrogens is 338 g/mol. The lowest BCUT2D eigenvalue weighted by Gasteiger charge is -2.53. The molecule has 1 fully saturated rings. The van der Waals surface area contributed by atoms with E-state index < -0.39 is 28.5 Å². The van der Waals surface area contributed by atoms with Gasteiger partial charge < -0.3 is 4.90 Å². The number of rotatable bonds is 3. The largest absolute Gasteiger partial charge is 0.337 e. The number of benzene rings is 1. The minimum atomic E-state index is -0.856. The summed E-state index contributed by atoms with van der Waals surface area (Å²) in [6.07, 6.45) is 2.46. The van der Waals surface area contributed by atoms with Crippen LogP contribution in [0.4, 0.5) is 8.78 Å². The number of aliphatic imine (C=N–C) groups is 1. The van der Waals surface area contributed by atoms with Crippen molar-refractivity contribution in [3.8, 4) is 0 Å². The molecule has 0 saturated carbocycles. The number of likely N-dealkylation sites (tertiary alicyclic amines) is 1. The van der Waals surface area contributed by atoms with Gasteiger partial charge in [0, 0.05) is 29.5 Å². The van der Waals surface area contributed by atoms with E-state index in [9.17, 15) is 18.4 Å². The maximum Gasteiger partial charge on any atom is 0.259 e. The number of aryl methyl sites for hydroxylation is 1. The van der Waals surface area contributed by atoms with Gasteiger partial charge >= 0.3 is 0 Å². The molecule has 1 aliphatic heterocycles. The zero-order valence-electron chi connectivity index (χ0n) is 15.2. The molecule has 0 N–H and O–H groups in total. The number of halogens is 2. The number of nitrogens with zero attached hydrogens (tertiary/aromatic N) is 2. The predicted molar refractivity (Wildman–Crippen MR) is 95.3 cm³/mol. The van der Waals surface area contributed by atoms with E-state index in [1.54, 1.807) is 0 Å². The van der Waals surface area contributed by atoms with E-state index in [2.05, 4.69) is 11.7 Å². The maximum atomic E-state index is 14.2. The molecule has 1 aromatic rings. The highest BCUT2D eigenvalue weighted by atomic mass is 19.1. The van der Waals surface area contributed by atoms with Gasteiger partial charge in [0.1, 0.15) is 17.2 Å². The standard InChI is InChI=1S/C20H22F2N2O2/c1-12-5-6-14(21)15(16(12)22)18(26)24-10-20(11-24)7-13(8-23-4)17(25)19(2,3)9-20/h5-7H,4,8-11H2,1-3H3. The summed E-state index contributed by atoms with van der Waals surface area (Å²) >= 11 is 0. The van der Waals surface area contributed by atoms with Crippen LogP contribution in [0, 0.1) is 29.4 Å². The van der Waals surface area contributed by atoms with Crippen LogP contribution in [0.15, 0.2) is 28.8 Å². The van der Waals surface area contributed by atoms with Gasteiger partial charge in [-0.05, 0) is 31.7 Å². The second kappa shape index (κ2) is 6.11. The van der Waals surface area contributed by atoms with E-state index in [4.69, 9.17) is 0 Å². The Morgan fingerprint density at radius 1 is 1.31 bits per heavy atom. The Morgan fingerprint density at radius 2 is 1.96 bits per heavy atom. The summed E-state index contributed by atoms with van der Waals surface area (Å²) in [6, 6.07) is 2.42. The third-order valence-electron chi connectivity index (χ3n) is 5.26. The molecule has 1 aliphatic carbocycles. The van der Waals surface area contributed by atoms with E-state index in [0.29, 0.717) is 25.1 Å². The van der Waals surface area contributed by atoms with Crippen molar-refractivity contribution in [1.29, 1.82) is 0 Å². The monoisotopic (exact) mass is 360 g/mol. The van der Waals surface area contributed by atoms with Crippen molar-refractivity contribution in [3.05, 3.63) is 46.5 Å². The fourth-order valence-corrected chi connectivity index (χ4v) is 4.19. The van der Waals surface area contributed by atoms with Crippen molar-refractivity contribution in [2.75, 3.05) is 19.6 Å². The maximum absolute atomic E-state index is 14.2. The van der Waals surface area contributed by atoms with Crippen molar-refractivity contribution >= 4 is 18.4 Å². The number of Topliss-reactive ketones (excluding diaryl/α,β-unsaturated/α-hetero) is 1. The van der Waals surface area contributed by atoms with Crippen LogP contribution >= 0.6 is 0 Å². The van der Waals surface area contributed by atoms with Gasteiger partial charge in [0.15, 0.2) is 5.78 Å². The van der Waals surface area contributed by atoms with Gasteiger partial charge in [0.25, 0.3) is 5.91 Å². The van der Waals surface area contributed by atoms with E-state index in [1.165, 1.54) is 17.9 Å². The summed E-state index contributed by atoms with van der Waals surface area (Å²) in [5, 5.41) is 0. The highest BCUT2D eigenvalue weighted by Crippen LogP contribution is 2.48. The van der Waals surface area contributed by atoms with Crippen LogP contribution in [0.25, 0.3) is 0 Å². The van der Waals surface area contributed by atoms with Crippen molar-refractivity contribution in [2.45, 2.75) is 27.2 Å². The molecule has 0 atom stereocenters. The Hall–Kier alpha value is -2.37. The summed E-state index contributed by atoms with van der Waals surface area (Å²) in [4.78, 5) is 30.4. The number of amides is 1. The van der Waals surface area contributed by atoms with Crippen molar-refractivity contribution in [3.63, 3.8) is 0 Å². The topological polar surface area (TPSA) is 49.7 Å². The minimum Gasteiger partial charge on any atom is -0.337 e. The molecule has 0 bridgehead atoms. The molecule has 1 amide bonds. The molecule has 26 heavy (non-hydrogen) atoms. The average molecular weight is 360 g/mol. The van der Waals surface area contributed by atoms with Gasteiger partial charge in [-0.1, -0.05) is 26.0 Å². The zero-order valence-corrected chi connectivity index (χ0v) is 15.2. The van der Waals surface area contributed by atoms with Crippen LogP contribution in [-0.4, -0.2) is 42.9 Å². The van der Waals surface area contributed by atoms with E-state index in [-0.39, 0.29) is 23.3 Å². The van der Waals surface area contributed by atoms with Crippen LogP contribution in [0.3, 0.4) is 0 Å². The molecule has 2 aliphatic rings. The predicted octanol–water partition coefficient (Wildman–Crippen LogP) is 3.34. The molecule has 3 rings (SSSR count). The number of ketones is 1. The molecule has 6 heteroatoms.